The third kappa shape index (κ3) is 1.42. The number of furan rings is 1. The standard InChI is InChI=1S/C18H19NO4/c1-9-12(20)8-11(14-4-3-7-22-14)19-16(9)18-6-5-13(23-18)10(2)15(18)17(19)21/h3-7,9-11,13,15-16H,8H2,1-2H3/t9-,10-,11+,13+,15-,16-,18-/m0/s1. The molecule has 4 aliphatic heterocycles. The summed E-state index contributed by atoms with van der Waals surface area (Å²) in [5.41, 5.74) is -0.637. The normalized spacial score (nSPS) is 47.3. The molecule has 0 aromatic carbocycles. The molecule has 5 heteroatoms. The first-order valence-corrected chi connectivity index (χ1v) is 8.30. The zero-order chi connectivity index (χ0) is 15.9. The van der Waals surface area contributed by atoms with Gasteiger partial charge in [0.05, 0.1) is 30.4 Å². The first-order chi connectivity index (χ1) is 11.0. The maximum absolute atomic E-state index is 13.2. The minimum atomic E-state index is -0.637. The van der Waals surface area contributed by atoms with Crippen LogP contribution in [0.15, 0.2) is 35.0 Å². The van der Waals surface area contributed by atoms with E-state index >= 15 is 0 Å². The Balaban J connectivity index is 1.67. The van der Waals surface area contributed by atoms with Crippen molar-refractivity contribution in [2.24, 2.45) is 17.8 Å². The number of Topliss-reactive ketones (excluding diaryl/α,β-unsaturated/α-hetero) is 1. The summed E-state index contributed by atoms with van der Waals surface area (Å²) in [6.07, 6.45) is 6.01. The van der Waals surface area contributed by atoms with Crippen LogP contribution in [-0.2, 0) is 14.3 Å². The van der Waals surface area contributed by atoms with E-state index in [1.807, 2.05) is 24.0 Å². The largest absolute Gasteiger partial charge is 0.467 e. The summed E-state index contributed by atoms with van der Waals surface area (Å²) in [5, 5.41) is 0. The monoisotopic (exact) mass is 313 g/mol. The van der Waals surface area contributed by atoms with E-state index < -0.39 is 5.60 Å². The van der Waals surface area contributed by atoms with Crippen LogP contribution in [0.5, 0.6) is 0 Å². The first kappa shape index (κ1) is 13.5. The van der Waals surface area contributed by atoms with Gasteiger partial charge in [-0.25, -0.2) is 0 Å². The highest BCUT2D eigenvalue weighted by Gasteiger charge is 2.71. The molecule has 5 rings (SSSR count). The average Bonchev–Trinajstić information content (AvgIpc) is 3.26. The van der Waals surface area contributed by atoms with Crippen molar-refractivity contribution in [2.45, 2.75) is 44.1 Å². The van der Waals surface area contributed by atoms with Gasteiger partial charge in [-0.1, -0.05) is 26.0 Å². The molecule has 3 saturated heterocycles. The van der Waals surface area contributed by atoms with E-state index in [1.165, 1.54) is 0 Å². The number of rotatable bonds is 1. The lowest BCUT2D eigenvalue weighted by Crippen LogP contribution is -2.55. The molecule has 23 heavy (non-hydrogen) atoms. The Labute approximate surface area is 134 Å². The second-order valence-electron chi connectivity index (χ2n) is 7.31. The summed E-state index contributed by atoms with van der Waals surface area (Å²) >= 11 is 0. The molecule has 1 aromatic heterocycles. The number of carbonyl (C=O) groups is 2. The van der Waals surface area contributed by atoms with Crippen LogP contribution in [0.4, 0.5) is 0 Å². The van der Waals surface area contributed by atoms with Gasteiger partial charge in [-0.05, 0) is 12.1 Å². The number of amides is 1. The lowest BCUT2D eigenvalue weighted by atomic mass is 9.71. The van der Waals surface area contributed by atoms with Crippen molar-refractivity contribution in [3.05, 3.63) is 36.3 Å². The SMILES string of the molecule is C[C@@H]1[C@H]2C(=O)N3[C@@H](c4ccco4)CC(=O)[C@H](C)[C@H]3[C@]23C=C[C@H]1O3. The molecule has 7 atom stereocenters. The van der Waals surface area contributed by atoms with Crippen LogP contribution in [0.3, 0.4) is 0 Å². The molecule has 1 spiro atoms. The molecule has 5 heterocycles. The molecular weight excluding hydrogens is 294 g/mol. The quantitative estimate of drug-likeness (QED) is 0.745. The van der Waals surface area contributed by atoms with Crippen LogP contribution >= 0.6 is 0 Å². The molecular formula is C18H19NO4. The van der Waals surface area contributed by atoms with Crippen molar-refractivity contribution in [3.8, 4) is 0 Å². The van der Waals surface area contributed by atoms with Crippen molar-refractivity contribution in [1.29, 1.82) is 0 Å². The van der Waals surface area contributed by atoms with Crippen LogP contribution < -0.4 is 0 Å². The fraction of sp³-hybridized carbons (Fsp3) is 0.556. The molecule has 0 unspecified atom stereocenters. The summed E-state index contributed by atoms with van der Waals surface area (Å²) in [7, 11) is 0. The van der Waals surface area contributed by atoms with E-state index in [9.17, 15) is 9.59 Å². The van der Waals surface area contributed by atoms with Crippen molar-refractivity contribution >= 4 is 11.7 Å². The van der Waals surface area contributed by atoms with Gasteiger partial charge in [-0.15, -0.1) is 0 Å². The number of piperidine rings is 1. The summed E-state index contributed by atoms with van der Waals surface area (Å²) in [6.45, 7) is 4.00. The fourth-order valence-corrected chi connectivity index (χ4v) is 5.25. The van der Waals surface area contributed by atoms with Gasteiger partial charge in [0.15, 0.2) is 0 Å². The minimum absolute atomic E-state index is 0.00242. The second kappa shape index (κ2) is 4.15. The Morgan fingerprint density at radius 3 is 2.87 bits per heavy atom. The third-order valence-electron chi connectivity index (χ3n) is 6.28. The highest BCUT2D eigenvalue weighted by molar-refractivity contribution is 5.92. The highest BCUT2D eigenvalue weighted by Crippen LogP contribution is 2.59. The number of carbonyl (C=O) groups excluding carboxylic acids is 2. The summed E-state index contributed by atoms with van der Waals surface area (Å²) in [5.74, 6) is 0.714. The number of hydrogen-bond acceptors (Lipinski definition) is 4. The van der Waals surface area contributed by atoms with Gasteiger partial charge in [0, 0.05) is 18.3 Å². The molecule has 5 nitrogen and oxygen atoms in total. The molecule has 4 aliphatic rings. The van der Waals surface area contributed by atoms with Gasteiger partial charge in [0.2, 0.25) is 5.91 Å². The van der Waals surface area contributed by atoms with Gasteiger partial charge >= 0.3 is 0 Å². The minimum Gasteiger partial charge on any atom is -0.467 e. The topological polar surface area (TPSA) is 59.8 Å². The van der Waals surface area contributed by atoms with Crippen LogP contribution in [0.25, 0.3) is 0 Å². The van der Waals surface area contributed by atoms with Gasteiger partial charge in [-0.3, -0.25) is 9.59 Å². The van der Waals surface area contributed by atoms with E-state index in [1.54, 1.807) is 12.3 Å². The van der Waals surface area contributed by atoms with Gasteiger partial charge < -0.3 is 14.1 Å². The van der Waals surface area contributed by atoms with E-state index in [-0.39, 0.29) is 47.6 Å². The van der Waals surface area contributed by atoms with Crippen LogP contribution in [-0.4, -0.2) is 34.3 Å². The molecule has 1 aromatic rings. The van der Waals surface area contributed by atoms with Gasteiger partial charge in [-0.2, -0.15) is 0 Å². The third-order valence-corrected chi connectivity index (χ3v) is 6.28. The predicted molar refractivity (Wildman–Crippen MR) is 80.3 cm³/mol. The van der Waals surface area contributed by atoms with E-state index in [4.69, 9.17) is 9.15 Å². The number of hydrogen-bond donors (Lipinski definition) is 0. The molecule has 0 radical (unpaired) electrons. The first-order valence-electron chi connectivity index (χ1n) is 8.30. The molecule has 1 amide bonds. The summed E-state index contributed by atoms with van der Waals surface area (Å²) in [4.78, 5) is 27.8. The van der Waals surface area contributed by atoms with Crippen LogP contribution in [0.1, 0.15) is 32.1 Å². The molecule has 0 N–H and O–H groups in total. The number of nitrogens with zero attached hydrogens (tertiary/aromatic N) is 1. The molecule has 2 bridgehead atoms. The van der Waals surface area contributed by atoms with Crippen LogP contribution in [0, 0.1) is 17.8 Å². The Morgan fingerprint density at radius 2 is 2.13 bits per heavy atom. The van der Waals surface area contributed by atoms with Crippen molar-refractivity contribution < 1.29 is 18.7 Å². The fourth-order valence-electron chi connectivity index (χ4n) is 5.25. The highest BCUT2D eigenvalue weighted by atomic mass is 16.5. The zero-order valence-electron chi connectivity index (χ0n) is 13.1. The Hall–Kier alpha value is -1.88. The van der Waals surface area contributed by atoms with E-state index in [2.05, 4.69) is 13.0 Å². The van der Waals surface area contributed by atoms with Gasteiger partial charge in [0.25, 0.3) is 0 Å². The second-order valence-corrected chi connectivity index (χ2v) is 7.31. The molecule has 0 aliphatic carbocycles. The van der Waals surface area contributed by atoms with Gasteiger partial charge in [0.1, 0.15) is 17.1 Å². The number of ether oxygens (including phenoxy) is 1. The van der Waals surface area contributed by atoms with E-state index in [0.717, 1.165) is 0 Å². The van der Waals surface area contributed by atoms with Crippen molar-refractivity contribution in [1.82, 2.24) is 4.90 Å². The maximum atomic E-state index is 13.2. The lowest BCUT2D eigenvalue weighted by molar-refractivity contribution is -0.146. The summed E-state index contributed by atoms with van der Waals surface area (Å²) in [6, 6.07) is 3.11. The van der Waals surface area contributed by atoms with E-state index in [0.29, 0.717) is 12.2 Å². The number of fused-ring (bicyclic) bond motifs is 2. The zero-order valence-corrected chi connectivity index (χ0v) is 13.1. The molecule has 3 fully saturated rings. The number of ketones is 1. The average molecular weight is 313 g/mol. The summed E-state index contributed by atoms with van der Waals surface area (Å²) < 4.78 is 11.8. The van der Waals surface area contributed by atoms with Crippen LogP contribution in [0.2, 0.25) is 0 Å². The molecule has 0 saturated carbocycles. The maximum Gasteiger partial charge on any atom is 0.230 e. The predicted octanol–water partition coefficient (Wildman–Crippen LogP) is 2.10. The van der Waals surface area contributed by atoms with Crippen molar-refractivity contribution in [2.75, 3.05) is 0 Å². The smallest absolute Gasteiger partial charge is 0.230 e. The Kier molecular flexibility index (Phi) is 2.44. The van der Waals surface area contributed by atoms with Crippen molar-refractivity contribution in [3.63, 3.8) is 0 Å². The molecule has 120 valence electrons. The Bertz CT molecular complexity index is 723. The Morgan fingerprint density at radius 1 is 1.30 bits per heavy atom. The lowest BCUT2D eigenvalue weighted by Gasteiger charge is -2.43.